The standard InChI is InChI=1S/C19H22N6O3S/c1-3-24-19(21-22-23-24)29-11-14-15(17(26)28-2)16(12-7-5-4-6-8-12)20-18(27)25(14)13-9-10-13/h4-8,13,16H,3,9-11H2,1-2H3,(H,20,27)/t16-/m0/s1. The Bertz CT molecular complexity index is 940. The number of aromatic nitrogens is 4. The van der Waals surface area contributed by atoms with Crippen molar-refractivity contribution in [3.05, 3.63) is 47.2 Å². The molecule has 1 aliphatic carbocycles. The number of carbonyl (C=O) groups excluding carboxylic acids is 2. The lowest BCUT2D eigenvalue weighted by atomic mass is 9.95. The lowest BCUT2D eigenvalue weighted by Gasteiger charge is -2.36. The average Bonchev–Trinajstić information content (AvgIpc) is 3.48. The molecule has 1 aromatic carbocycles. The minimum atomic E-state index is -0.566. The van der Waals surface area contributed by atoms with Crippen LogP contribution in [0, 0.1) is 0 Å². The quantitative estimate of drug-likeness (QED) is 0.547. The number of urea groups is 1. The molecule has 152 valence electrons. The maximum absolute atomic E-state index is 13.0. The number of hydrogen-bond donors (Lipinski definition) is 1. The number of esters is 1. The average molecular weight is 414 g/mol. The highest BCUT2D eigenvalue weighted by molar-refractivity contribution is 7.99. The molecule has 1 fully saturated rings. The third kappa shape index (κ3) is 3.84. The van der Waals surface area contributed by atoms with Crippen LogP contribution < -0.4 is 5.32 Å². The molecule has 2 heterocycles. The van der Waals surface area contributed by atoms with Gasteiger partial charge in [-0.25, -0.2) is 14.3 Å². The van der Waals surface area contributed by atoms with E-state index in [9.17, 15) is 9.59 Å². The third-order valence-corrected chi connectivity index (χ3v) is 5.93. The van der Waals surface area contributed by atoms with Crippen LogP contribution in [0.3, 0.4) is 0 Å². The van der Waals surface area contributed by atoms with Crippen LogP contribution in [0.2, 0.25) is 0 Å². The molecule has 0 spiro atoms. The molecule has 1 N–H and O–H groups in total. The van der Waals surface area contributed by atoms with Crippen LogP contribution in [0.15, 0.2) is 46.8 Å². The first-order chi connectivity index (χ1) is 14.1. The van der Waals surface area contributed by atoms with Crippen LogP contribution >= 0.6 is 11.8 Å². The summed E-state index contributed by atoms with van der Waals surface area (Å²) >= 11 is 1.40. The van der Waals surface area contributed by atoms with Gasteiger partial charge in [0.15, 0.2) is 0 Å². The van der Waals surface area contributed by atoms with Gasteiger partial charge in [-0.3, -0.25) is 4.90 Å². The van der Waals surface area contributed by atoms with Gasteiger partial charge < -0.3 is 10.1 Å². The molecule has 2 aliphatic rings. The summed E-state index contributed by atoms with van der Waals surface area (Å²) in [7, 11) is 1.36. The topological polar surface area (TPSA) is 102 Å². The first-order valence-corrected chi connectivity index (χ1v) is 10.5. The van der Waals surface area contributed by atoms with E-state index in [4.69, 9.17) is 4.74 Å². The number of thioether (sulfide) groups is 1. The predicted octanol–water partition coefficient (Wildman–Crippen LogP) is 2.14. The molecule has 1 atom stereocenters. The fraction of sp³-hybridized carbons (Fsp3) is 0.421. The Labute approximate surface area is 172 Å². The number of tetrazole rings is 1. The number of benzene rings is 1. The smallest absolute Gasteiger partial charge is 0.338 e. The summed E-state index contributed by atoms with van der Waals surface area (Å²) in [5, 5.41) is 15.3. The summed E-state index contributed by atoms with van der Waals surface area (Å²) in [6, 6.07) is 8.79. The van der Waals surface area contributed by atoms with Gasteiger partial charge in [-0.05, 0) is 35.8 Å². The minimum absolute atomic E-state index is 0.101. The molecule has 0 radical (unpaired) electrons. The van der Waals surface area contributed by atoms with E-state index in [-0.39, 0.29) is 12.1 Å². The summed E-state index contributed by atoms with van der Waals surface area (Å²) in [4.78, 5) is 27.5. The molecule has 9 nitrogen and oxygen atoms in total. The zero-order valence-electron chi connectivity index (χ0n) is 16.2. The van der Waals surface area contributed by atoms with Gasteiger partial charge in [0.05, 0.1) is 18.7 Å². The second kappa shape index (κ2) is 8.24. The van der Waals surface area contributed by atoms with Crippen molar-refractivity contribution in [2.24, 2.45) is 0 Å². The number of amides is 2. The lowest BCUT2D eigenvalue weighted by molar-refractivity contribution is -0.136. The number of nitrogens with zero attached hydrogens (tertiary/aromatic N) is 5. The predicted molar refractivity (Wildman–Crippen MR) is 106 cm³/mol. The Kier molecular flexibility index (Phi) is 5.52. The van der Waals surface area contributed by atoms with E-state index in [0.29, 0.717) is 28.7 Å². The van der Waals surface area contributed by atoms with E-state index < -0.39 is 12.0 Å². The van der Waals surface area contributed by atoms with Crippen molar-refractivity contribution in [1.82, 2.24) is 30.4 Å². The Hall–Kier alpha value is -2.88. The van der Waals surface area contributed by atoms with Crippen molar-refractivity contribution < 1.29 is 14.3 Å². The van der Waals surface area contributed by atoms with Gasteiger partial charge in [-0.1, -0.05) is 42.1 Å². The van der Waals surface area contributed by atoms with Gasteiger partial charge in [-0.2, -0.15) is 0 Å². The third-order valence-electron chi connectivity index (χ3n) is 4.96. The fourth-order valence-electron chi connectivity index (χ4n) is 3.42. The van der Waals surface area contributed by atoms with Crippen molar-refractivity contribution >= 4 is 23.8 Å². The number of carbonyl (C=O) groups is 2. The number of nitrogens with one attached hydrogen (secondary N) is 1. The molecular weight excluding hydrogens is 392 g/mol. The largest absolute Gasteiger partial charge is 0.466 e. The first-order valence-electron chi connectivity index (χ1n) is 9.49. The highest BCUT2D eigenvalue weighted by Gasteiger charge is 2.44. The van der Waals surface area contributed by atoms with Crippen molar-refractivity contribution in [3.8, 4) is 0 Å². The van der Waals surface area contributed by atoms with Crippen LogP contribution in [0.25, 0.3) is 0 Å². The Morgan fingerprint density at radius 3 is 2.72 bits per heavy atom. The maximum Gasteiger partial charge on any atom is 0.338 e. The maximum atomic E-state index is 13.0. The molecule has 0 saturated heterocycles. The molecule has 1 saturated carbocycles. The van der Waals surface area contributed by atoms with Crippen LogP contribution in [-0.4, -0.2) is 56.0 Å². The van der Waals surface area contributed by atoms with Gasteiger partial charge >= 0.3 is 12.0 Å². The van der Waals surface area contributed by atoms with Gasteiger partial charge in [0.25, 0.3) is 0 Å². The Balaban J connectivity index is 1.76. The Morgan fingerprint density at radius 2 is 2.07 bits per heavy atom. The van der Waals surface area contributed by atoms with Crippen molar-refractivity contribution in [2.45, 2.75) is 43.6 Å². The molecule has 29 heavy (non-hydrogen) atoms. The van der Waals surface area contributed by atoms with E-state index in [1.54, 1.807) is 9.58 Å². The monoisotopic (exact) mass is 414 g/mol. The summed E-state index contributed by atoms with van der Waals surface area (Å²) in [6.07, 6.45) is 1.83. The molecule has 4 rings (SSSR count). The summed E-state index contributed by atoms with van der Waals surface area (Å²) in [5.74, 6) is -0.0619. The van der Waals surface area contributed by atoms with Gasteiger partial charge in [-0.15, -0.1) is 5.10 Å². The molecule has 2 amide bonds. The van der Waals surface area contributed by atoms with Gasteiger partial charge in [0, 0.05) is 24.0 Å². The highest BCUT2D eigenvalue weighted by atomic mass is 32.2. The van der Waals surface area contributed by atoms with Gasteiger partial charge in [0.1, 0.15) is 0 Å². The number of ether oxygens (including phenoxy) is 1. The van der Waals surface area contributed by atoms with Crippen molar-refractivity contribution in [2.75, 3.05) is 12.9 Å². The Morgan fingerprint density at radius 1 is 1.31 bits per heavy atom. The highest BCUT2D eigenvalue weighted by Crippen LogP contribution is 2.39. The molecule has 1 aliphatic heterocycles. The second-order valence-corrected chi connectivity index (χ2v) is 7.75. The van der Waals surface area contributed by atoms with E-state index in [1.807, 2.05) is 37.3 Å². The number of aryl methyl sites for hydroxylation is 1. The lowest BCUT2D eigenvalue weighted by Crippen LogP contribution is -2.50. The molecule has 10 heteroatoms. The second-order valence-electron chi connectivity index (χ2n) is 6.81. The summed E-state index contributed by atoms with van der Waals surface area (Å²) in [6.45, 7) is 2.59. The number of rotatable bonds is 7. The molecular formula is C19H22N6O3S. The molecule has 0 unspecified atom stereocenters. The summed E-state index contributed by atoms with van der Waals surface area (Å²) < 4.78 is 6.79. The number of methoxy groups -OCH3 is 1. The fourth-order valence-corrected chi connectivity index (χ4v) is 4.39. The first kappa shape index (κ1) is 19.4. The minimum Gasteiger partial charge on any atom is -0.466 e. The SMILES string of the molecule is CCn1nnnc1SCC1=C(C(=O)OC)[C@H](c2ccccc2)NC(=O)N1C1CC1. The van der Waals surface area contributed by atoms with Gasteiger partial charge in [0.2, 0.25) is 5.16 Å². The molecule has 1 aromatic heterocycles. The molecule has 0 bridgehead atoms. The zero-order chi connectivity index (χ0) is 20.4. The number of hydrogen-bond acceptors (Lipinski definition) is 7. The van der Waals surface area contributed by atoms with E-state index in [1.165, 1.54) is 18.9 Å². The normalized spacial score (nSPS) is 19.3. The van der Waals surface area contributed by atoms with E-state index in [2.05, 4.69) is 20.8 Å². The van der Waals surface area contributed by atoms with E-state index in [0.717, 1.165) is 18.4 Å². The summed E-state index contributed by atoms with van der Waals surface area (Å²) in [5.41, 5.74) is 1.94. The van der Waals surface area contributed by atoms with Crippen molar-refractivity contribution in [3.63, 3.8) is 0 Å². The van der Waals surface area contributed by atoms with Crippen LogP contribution in [0.4, 0.5) is 4.79 Å². The van der Waals surface area contributed by atoms with Crippen LogP contribution in [0.5, 0.6) is 0 Å². The van der Waals surface area contributed by atoms with Crippen LogP contribution in [0.1, 0.15) is 31.4 Å². The van der Waals surface area contributed by atoms with E-state index >= 15 is 0 Å². The molecule has 2 aromatic rings. The van der Waals surface area contributed by atoms with Crippen LogP contribution in [-0.2, 0) is 16.1 Å². The van der Waals surface area contributed by atoms with Crippen molar-refractivity contribution in [1.29, 1.82) is 0 Å². The zero-order valence-corrected chi connectivity index (χ0v) is 17.1.